The van der Waals surface area contributed by atoms with Gasteiger partial charge in [-0.3, -0.25) is 14.5 Å². The Morgan fingerprint density at radius 2 is 1.70 bits per heavy atom. The van der Waals surface area contributed by atoms with Crippen LogP contribution in [0.15, 0.2) is 65.1 Å². The van der Waals surface area contributed by atoms with Crippen LogP contribution in [0, 0.1) is 6.92 Å². The van der Waals surface area contributed by atoms with Crippen molar-refractivity contribution in [2.45, 2.75) is 20.0 Å². The van der Waals surface area contributed by atoms with Gasteiger partial charge in [0.05, 0.1) is 26.3 Å². The monoisotopic (exact) mass is 549 g/mol. The molecule has 5 rings (SSSR count). The van der Waals surface area contributed by atoms with Gasteiger partial charge in [0.25, 0.3) is 5.91 Å². The number of morpholine rings is 1. The number of nitrogens with zero attached hydrogens (tertiary/aromatic N) is 3. The van der Waals surface area contributed by atoms with Crippen molar-refractivity contribution in [2.75, 3.05) is 59.3 Å². The van der Waals surface area contributed by atoms with Crippen molar-refractivity contribution in [1.82, 2.24) is 14.7 Å². The van der Waals surface area contributed by atoms with Gasteiger partial charge in [0.1, 0.15) is 17.3 Å². The van der Waals surface area contributed by atoms with Crippen LogP contribution in [-0.2, 0) is 27.4 Å². The Morgan fingerprint density at radius 1 is 0.900 bits per heavy atom. The molecule has 10 nitrogen and oxygen atoms in total. The van der Waals surface area contributed by atoms with E-state index in [0.717, 1.165) is 24.4 Å². The van der Waals surface area contributed by atoms with Crippen molar-refractivity contribution >= 4 is 11.8 Å². The number of aryl methyl sites for hydroxylation is 1. The Balaban J connectivity index is 1.30. The molecular formula is C30H35N3O7. The SMILES string of the molecule is Cc1ccc(CN(Cc2ccc3c(c2)OCO3)C(=O)CN(CCN2CCOCC2)C(=O)COc2ccccc2)o1. The third-order valence-corrected chi connectivity index (χ3v) is 6.88. The van der Waals surface area contributed by atoms with Crippen LogP contribution in [0.25, 0.3) is 0 Å². The topological polar surface area (TPSA) is 93.9 Å². The largest absolute Gasteiger partial charge is 0.484 e. The van der Waals surface area contributed by atoms with Crippen LogP contribution in [0.1, 0.15) is 17.1 Å². The van der Waals surface area contributed by atoms with Crippen molar-refractivity contribution < 1.29 is 33.0 Å². The molecule has 2 aromatic carbocycles. The molecule has 10 heteroatoms. The van der Waals surface area contributed by atoms with E-state index in [1.165, 1.54) is 0 Å². The Kier molecular flexibility index (Phi) is 9.20. The molecule has 2 aliphatic heterocycles. The second-order valence-corrected chi connectivity index (χ2v) is 9.82. The molecular weight excluding hydrogens is 514 g/mol. The lowest BCUT2D eigenvalue weighted by Gasteiger charge is -2.31. The number of furan rings is 1. The molecule has 0 bridgehead atoms. The van der Waals surface area contributed by atoms with E-state index in [9.17, 15) is 9.59 Å². The average molecular weight is 550 g/mol. The molecule has 0 aliphatic carbocycles. The molecule has 2 amide bonds. The number of benzene rings is 2. The molecule has 0 atom stereocenters. The summed E-state index contributed by atoms with van der Waals surface area (Å²) in [5.41, 5.74) is 0.888. The summed E-state index contributed by atoms with van der Waals surface area (Å²) < 4.78 is 27.9. The van der Waals surface area contributed by atoms with E-state index in [2.05, 4.69) is 4.90 Å². The highest BCUT2D eigenvalue weighted by Gasteiger charge is 2.25. The highest BCUT2D eigenvalue weighted by molar-refractivity contribution is 5.85. The van der Waals surface area contributed by atoms with Gasteiger partial charge in [-0.15, -0.1) is 0 Å². The summed E-state index contributed by atoms with van der Waals surface area (Å²) in [5, 5.41) is 0. The first-order valence-electron chi connectivity index (χ1n) is 13.5. The maximum Gasteiger partial charge on any atom is 0.261 e. The molecule has 0 N–H and O–H groups in total. The number of ether oxygens (including phenoxy) is 4. The number of carbonyl (C=O) groups excluding carboxylic acids is 2. The minimum atomic E-state index is -0.248. The highest BCUT2D eigenvalue weighted by atomic mass is 16.7. The van der Waals surface area contributed by atoms with Crippen molar-refractivity contribution in [3.8, 4) is 17.2 Å². The van der Waals surface area contributed by atoms with Crippen molar-refractivity contribution in [3.05, 3.63) is 77.7 Å². The van der Waals surface area contributed by atoms with E-state index >= 15 is 0 Å². The fraction of sp³-hybridized carbons (Fsp3) is 0.400. The quantitative estimate of drug-likeness (QED) is 0.340. The van der Waals surface area contributed by atoms with Gasteiger partial charge in [-0.25, -0.2) is 0 Å². The van der Waals surface area contributed by atoms with Crippen LogP contribution in [-0.4, -0.2) is 85.9 Å². The lowest BCUT2D eigenvalue weighted by Crippen LogP contribution is -2.48. The third-order valence-electron chi connectivity index (χ3n) is 6.88. The van der Waals surface area contributed by atoms with E-state index < -0.39 is 0 Å². The fourth-order valence-electron chi connectivity index (χ4n) is 4.65. The van der Waals surface area contributed by atoms with Crippen LogP contribution in [0.4, 0.5) is 0 Å². The molecule has 3 aromatic rings. The molecule has 0 radical (unpaired) electrons. The van der Waals surface area contributed by atoms with Gasteiger partial charge in [-0.1, -0.05) is 24.3 Å². The lowest BCUT2D eigenvalue weighted by molar-refractivity contribution is -0.142. The molecule has 0 spiro atoms. The lowest BCUT2D eigenvalue weighted by atomic mass is 10.2. The number of hydrogen-bond donors (Lipinski definition) is 0. The van der Waals surface area contributed by atoms with Crippen LogP contribution >= 0.6 is 0 Å². The zero-order chi connectivity index (χ0) is 27.7. The van der Waals surface area contributed by atoms with Gasteiger partial charge in [0, 0.05) is 32.7 Å². The molecule has 0 unspecified atom stereocenters. The molecule has 0 saturated carbocycles. The average Bonchev–Trinajstić information content (AvgIpc) is 3.62. The van der Waals surface area contributed by atoms with Crippen molar-refractivity contribution in [2.24, 2.45) is 0 Å². The first-order chi connectivity index (χ1) is 19.5. The summed E-state index contributed by atoms with van der Waals surface area (Å²) in [5.74, 6) is 2.94. The number of rotatable bonds is 12. The van der Waals surface area contributed by atoms with Crippen LogP contribution < -0.4 is 14.2 Å². The molecule has 1 fully saturated rings. The predicted molar refractivity (Wildman–Crippen MR) is 146 cm³/mol. The number of carbonyl (C=O) groups is 2. The van der Waals surface area contributed by atoms with E-state index in [0.29, 0.717) is 55.9 Å². The van der Waals surface area contributed by atoms with E-state index in [1.54, 1.807) is 21.9 Å². The fourth-order valence-corrected chi connectivity index (χ4v) is 4.65. The van der Waals surface area contributed by atoms with Gasteiger partial charge in [-0.05, 0) is 48.9 Å². The minimum Gasteiger partial charge on any atom is -0.484 e. The zero-order valence-corrected chi connectivity index (χ0v) is 22.8. The normalized spacial score (nSPS) is 14.6. The minimum absolute atomic E-state index is 0.0778. The van der Waals surface area contributed by atoms with Gasteiger partial charge in [-0.2, -0.15) is 0 Å². The Bertz CT molecular complexity index is 1270. The molecule has 1 aromatic heterocycles. The first kappa shape index (κ1) is 27.5. The standard InChI is InChI=1S/C30H35N3O7/c1-23-7-9-26(40-23)19-33(18-24-8-10-27-28(17-24)39-22-38-27)29(34)20-32(12-11-31-13-15-36-16-14-31)30(35)21-37-25-5-3-2-4-6-25/h2-10,17H,11-16,18-22H2,1H3. The second-order valence-electron chi connectivity index (χ2n) is 9.82. The Hall–Kier alpha value is -4.02. The van der Waals surface area contributed by atoms with Gasteiger partial charge >= 0.3 is 0 Å². The highest BCUT2D eigenvalue weighted by Crippen LogP contribution is 2.33. The maximum atomic E-state index is 13.8. The summed E-state index contributed by atoms with van der Waals surface area (Å²) >= 11 is 0. The summed E-state index contributed by atoms with van der Waals surface area (Å²) in [4.78, 5) is 32.6. The zero-order valence-electron chi connectivity index (χ0n) is 22.8. The van der Waals surface area contributed by atoms with Gasteiger partial charge < -0.3 is 33.2 Å². The number of hydrogen-bond acceptors (Lipinski definition) is 8. The van der Waals surface area contributed by atoms with Crippen LogP contribution in [0.2, 0.25) is 0 Å². The van der Waals surface area contributed by atoms with Crippen molar-refractivity contribution in [3.63, 3.8) is 0 Å². The summed E-state index contributed by atoms with van der Waals surface area (Å²) in [6.45, 7) is 6.37. The van der Waals surface area contributed by atoms with E-state index in [1.807, 2.05) is 55.5 Å². The molecule has 1 saturated heterocycles. The van der Waals surface area contributed by atoms with E-state index in [4.69, 9.17) is 23.4 Å². The smallest absolute Gasteiger partial charge is 0.261 e. The Morgan fingerprint density at radius 3 is 2.48 bits per heavy atom. The first-order valence-corrected chi connectivity index (χ1v) is 13.5. The Labute approximate surface area is 233 Å². The third kappa shape index (κ3) is 7.55. The maximum absolute atomic E-state index is 13.8. The molecule has 3 heterocycles. The summed E-state index contributed by atoms with van der Waals surface area (Å²) in [7, 11) is 0. The number of para-hydroxylation sites is 1. The molecule has 212 valence electrons. The number of fused-ring (bicyclic) bond motifs is 1. The second kappa shape index (κ2) is 13.4. The van der Waals surface area contributed by atoms with E-state index in [-0.39, 0.29) is 38.3 Å². The van der Waals surface area contributed by atoms with Crippen LogP contribution in [0.5, 0.6) is 17.2 Å². The summed E-state index contributed by atoms with van der Waals surface area (Å²) in [6.07, 6.45) is 0. The van der Waals surface area contributed by atoms with Gasteiger partial charge in [0.2, 0.25) is 12.7 Å². The molecule has 2 aliphatic rings. The number of amides is 2. The van der Waals surface area contributed by atoms with Gasteiger partial charge in [0.15, 0.2) is 18.1 Å². The molecule has 40 heavy (non-hydrogen) atoms. The van der Waals surface area contributed by atoms with Crippen LogP contribution in [0.3, 0.4) is 0 Å². The van der Waals surface area contributed by atoms with Crippen molar-refractivity contribution in [1.29, 1.82) is 0 Å². The summed E-state index contributed by atoms with van der Waals surface area (Å²) in [6, 6.07) is 18.6. The predicted octanol–water partition coefficient (Wildman–Crippen LogP) is 3.09.